The highest BCUT2D eigenvalue weighted by Crippen LogP contribution is 2.29. The van der Waals surface area contributed by atoms with Crippen LogP contribution in [0.1, 0.15) is 24.2 Å². The zero-order chi connectivity index (χ0) is 25.2. The summed E-state index contributed by atoms with van der Waals surface area (Å²) in [7, 11) is 4.10. The molecule has 0 bridgehead atoms. The number of rotatable bonds is 8. The van der Waals surface area contributed by atoms with Crippen molar-refractivity contribution >= 4 is 28.6 Å². The van der Waals surface area contributed by atoms with Gasteiger partial charge >= 0.3 is 6.18 Å². The smallest absolute Gasteiger partial charge is 0.370 e. The molecule has 4 rings (SSSR count). The maximum absolute atomic E-state index is 12.5. The van der Waals surface area contributed by atoms with E-state index >= 15 is 0 Å². The number of halogens is 3. The molecule has 1 N–H and O–H groups in total. The Hall–Kier alpha value is -3.06. The summed E-state index contributed by atoms with van der Waals surface area (Å²) in [5, 5.41) is 7.76. The molecule has 35 heavy (non-hydrogen) atoms. The number of anilines is 3. The molecule has 0 spiro atoms. The van der Waals surface area contributed by atoms with Gasteiger partial charge in [-0.15, -0.1) is 0 Å². The summed E-state index contributed by atoms with van der Waals surface area (Å²) in [6, 6.07) is 2.08. The van der Waals surface area contributed by atoms with Gasteiger partial charge in [-0.3, -0.25) is 4.68 Å². The summed E-state index contributed by atoms with van der Waals surface area (Å²) in [5.41, 5.74) is 2.63. The molecular formula is C22H30F3N9O. The van der Waals surface area contributed by atoms with Crippen LogP contribution in [0.15, 0.2) is 12.4 Å². The van der Waals surface area contributed by atoms with E-state index in [1.807, 2.05) is 20.9 Å². The fourth-order valence-corrected chi connectivity index (χ4v) is 4.15. The molecule has 0 amide bonds. The van der Waals surface area contributed by atoms with E-state index in [-0.39, 0.29) is 13.2 Å². The summed E-state index contributed by atoms with van der Waals surface area (Å²) in [6.07, 6.45) is -0.931. The molecule has 0 atom stereocenters. The van der Waals surface area contributed by atoms with E-state index in [0.717, 1.165) is 31.6 Å². The van der Waals surface area contributed by atoms with Gasteiger partial charge in [-0.25, -0.2) is 15.0 Å². The Balaban J connectivity index is 1.68. The highest BCUT2D eigenvalue weighted by Gasteiger charge is 2.28. The van der Waals surface area contributed by atoms with Gasteiger partial charge in [0.15, 0.2) is 5.82 Å². The van der Waals surface area contributed by atoms with Crippen LogP contribution in [-0.2, 0) is 11.3 Å². The van der Waals surface area contributed by atoms with Crippen molar-refractivity contribution in [2.45, 2.75) is 45.5 Å². The number of alkyl halides is 3. The lowest BCUT2D eigenvalue weighted by Gasteiger charge is -2.35. The molecule has 10 nitrogen and oxygen atoms in total. The maximum atomic E-state index is 12.5. The van der Waals surface area contributed by atoms with E-state index in [9.17, 15) is 13.2 Å². The van der Waals surface area contributed by atoms with Crippen LogP contribution in [0.25, 0.3) is 11.0 Å². The van der Waals surface area contributed by atoms with Crippen molar-refractivity contribution in [3.63, 3.8) is 0 Å². The van der Waals surface area contributed by atoms with Gasteiger partial charge in [0.2, 0.25) is 5.95 Å². The molecular weight excluding hydrogens is 463 g/mol. The van der Waals surface area contributed by atoms with Crippen LogP contribution >= 0.6 is 0 Å². The summed E-state index contributed by atoms with van der Waals surface area (Å²) in [6.45, 7) is 4.33. The van der Waals surface area contributed by atoms with Gasteiger partial charge in [-0.05, 0) is 46.8 Å². The molecule has 1 saturated heterocycles. The van der Waals surface area contributed by atoms with E-state index in [4.69, 9.17) is 14.7 Å². The Kier molecular flexibility index (Phi) is 7.36. The van der Waals surface area contributed by atoms with Gasteiger partial charge in [0, 0.05) is 24.8 Å². The van der Waals surface area contributed by atoms with Gasteiger partial charge in [0.1, 0.15) is 29.8 Å². The predicted octanol–water partition coefficient (Wildman–Crippen LogP) is 3.09. The highest BCUT2D eigenvalue weighted by molar-refractivity contribution is 5.90. The molecule has 3 aromatic rings. The topological polar surface area (TPSA) is 97.1 Å². The molecule has 13 heteroatoms. The Morgan fingerprint density at radius 3 is 2.60 bits per heavy atom. The number of aromatic nitrogens is 6. The molecule has 1 fully saturated rings. The summed E-state index contributed by atoms with van der Waals surface area (Å²) >= 11 is 0. The minimum atomic E-state index is -4.38. The van der Waals surface area contributed by atoms with Crippen molar-refractivity contribution in [2.75, 3.05) is 50.6 Å². The minimum absolute atomic E-state index is 0.116. The standard InChI is InChI=1S/C22H30F3N9O/c1-14-11-17(27-13-26-14)28-20-19-18(15(2)31-34(19)9-10-35-12-22(23,24)25)29-21(30-20)33(4)16-5-7-32(3)8-6-16/h11,13,16H,5-10,12H2,1-4H3,(H,26,27,28,29,30). The number of nitrogens with one attached hydrogen (secondary N) is 1. The molecule has 0 unspecified atom stereocenters. The number of piperidine rings is 1. The second kappa shape index (κ2) is 10.3. The Morgan fingerprint density at radius 2 is 1.91 bits per heavy atom. The number of likely N-dealkylation sites (tertiary alicyclic amines) is 1. The van der Waals surface area contributed by atoms with Gasteiger partial charge in [-0.1, -0.05) is 0 Å². The molecule has 1 aliphatic heterocycles. The average Bonchev–Trinajstić information content (AvgIpc) is 3.12. The second-order valence-electron chi connectivity index (χ2n) is 8.86. The third kappa shape index (κ3) is 6.14. The summed E-state index contributed by atoms with van der Waals surface area (Å²) < 4.78 is 43.8. The van der Waals surface area contributed by atoms with Gasteiger partial charge in [-0.2, -0.15) is 23.3 Å². The number of ether oxygens (including phenoxy) is 1. The van der Waals surface area contributed by atoms with Crippen molar-refractivity contribution < 1.29 is 17.9 Å². The lowest BCUT2D eigenvalue weighted by atomic mass is 10.0. The van der Waals surface area contributed by atoms with Crippen LogP contribution in [-0.4, -0.2) is 87.2 Å². The molecule has 190 valence electrons. The van der Waals surface area contributed by atoms with Crippen LogP contribution in [0, 0.1) is 13.8 Å². The molecule has 4 heterocycles. The minimum Gasteiger partial charge on any atom is -0.370 e. The lowest BCUT2D eigenvalue weighted by molar-refractivity contribution is -0.174. The fraction of sp³-hybridized carbons (Fsp3) is 0.591. The quantitative estimate of drug-likeness (QED) is 0.475. The molecule has 0 saturated carbocycles. The zero-order valence-corrected chi connectivity index (χ0v) is 20.3. The number of fused-ring (bicyclic) bond motifs is 1. The van der Waals surface area contributed by atoms with E-state index in [1.54, 1.807) is 10.7 Å². The number of hydrogen-bond acceptors (Lipinski definition) is 9. The average molecular weight is 494 g/mol. The van der Waals surface area contributed by atoms with Crippen molar-refractivity contribution in [1.82, 2.24) is 34.6 Å². The zero-order valence-electron chi connectivity index (χ0n) is 20.3. The normalized spacial score (nSPS) is 15.6. The third-order valence-corrected chi connectivity index (χ3v) is 6.06. The van der Waals surface area contributed by atoms with Crippen LogP contribution in [0.3, 0.4) is 0 Å². The van der Waals surface area contributed by atoms with Crippen molar-refractivity contribution in [3.8, 4) is 0 Å². The van der Waals surface area contributed by atoms with Gasteiger partial charge in [0.25, 0.3) is 0 Å². The first-order valence-electron chi connectivity index (χ1n) is 11.5. The number of hydrogen-bond donors (Lipinski definition) is 1. The second-order valence-corrected chi connectivity index (χ2v) is 8.86. The predicted molar refractivity (Wildman–Crippen MR) is 126 cm³/mol. The Morgan fingerprint density at radius 1 is 1.17 bits per heavy atom. The summed E-state index contributed by atoms with van der Waals surface area (Å²) in [5.74, 6) is 1.57. The number of nitrogens with zero attached hydrogens (tertiary/aromatic N) is 8. The number of aryl methyl sites for hydroxylation is 2. The first-order chi connectivity index (χ1) is 16.6. The van der Waals surface area contributed by atoms with Gasteiger partial charge < -0.3 is 19.9 Å². The first-order valence-corrected chi connectivity index (χ1v) is 11.5. The molecule has 3 aromatic heterocycles. The first kappa shape index (κ1) is 25.0. The lowest BCUT2D eigenvalue weighted by Crippen LogP contribution is -2.42. The Labute approximate surface area is 201 Å². The molecule has 0 aromatic carbocycles. The van der Waals surface area contributed by atoms with Crippen molar-refractivity contribution in [2.24, 2.45) is 0 Å². The fourth-order valence-electron chi connectivity index (χ4n) is 4.15. The SMILES string of the molecule is Cc1cc(Nc2nc(N(C)C3CCN(C)CC3)nc3c(C)nn(CCOCC(F)(F)F)c23)ncn1. The van der Waals surface area contributed by atoms with Gasteiger partial charge in [0.05, 0.1) is 18.8 Å². The monoisotopic (exact) mass is 493 g/mol. The van der Waals surface area contributed by atoms with E-state index < -0.39 is 12.8 Å². The Bertz CT molecular complexity index is 1160. The molecule has 1 aliphatic rings. The van der Waals surface area contributed by atoms with Crippen LogP contribution in [0.4, 0.5) is 30.8 Å². The summed E-state index contributed by atoms with van der Waals surface area (Å²) in [4.78, 5) is 22.4. The van der Waals surface area contributed by atoms with E-state index in [0.29, 0.717) is 40.4 Å². The highest BCUT2D eigenvalue weighted by atomic mass is 19.4. The molecule has 0 radical (unpaired) electrons. The van der Waals surface area contributed by atoms with E-state index in [2.05, 4.69) is 37.2 Å². The largest absolute Gasteiger partial charge is 0.411 e. The van der Waals surface area contributed by atoms with Crippen LogP contribution < -0.4 is 10.2 Å². The maximum Gasteiger partial charge on any atom is 0.411 e. The van der Waals surface area contributed by atoms with Crippen molar-refractivity contribution in [3.05, 3.63) is 23.8 Å². The molecule has 0 aliphatic carbocycles. The third-order valence-electron chi connectivity index (χ3n) is 6.06. The van der Waals surface area contributed by atoms with E-state index in [1.165, 1.54) is 6.33 Å². The van der Waals surface area contributed by atoms with Crippen LogP contribution in [0.2, 0.25) is 0 Å². The van der Waals surface area contributed by atoms with Crippen LogP contribution in [0.5, 0.6) is 0 Å². The van der Waals surface area contributed by atoms with Crippen molar-refractivity contribution in [1.29, 1.82) is 0 Å².